The molecule has 3 rings (SSSR count). The summed E-state index contributed by atoms with van der Waals surface area (Å²) in [5.41, 5.74) is 3.18. The van der Waals surface area contributed by atoms with Gasteiger partial charge in [0.1, 0.15) is 5.75 Å². The molecule has 0 bridgehead atoms. The van der Waals surface area contributed by atoms with Crippen LogP contribution in [0.15, 0.2) is 48.5 Å². The quantitative estimate of drug-likeness (QED) is 0.636. The SMILES string of the molecule is CC[NH+](CC(=O)Nc1ccccc1OC)CC(=O)N[C@H]1CCCc2ccccc21. The van der Waals surface area contributed by atoms with Crippen molar-refractivity contribution in [3.8, 4) is 5.75 Å². The summed E-state index contributed by atoms with van der Waals surface area (Å²) in [5.74, 6) is 0.461. The molecule has 1 aliphatic rings. The van der Waals surface area contributed by atoms with Gasteiger partial charge < -0.3 is 20.3 Å². The third-order valence-electron chi connectivity index (χ3n) is 5.41. The minimum atomic E-state index is -0.137. The Morgan fingerprint density at radius 1 is 1.07 bits per heavy atom. The van der Waals surface area contributed by atoms with E-state index in [1.807, 2.05) is 31.2 Å². The van der Waals surface area contributed by atoms with E-state index in [-0.39, 0.29) is 30.9 Å². The van der Waals surface area contributed by atoms with Crippen molar-refractivity contribution < 1.29 is 19.2 Å². The first-order valence-corrected chi connectivity index (χ1v) is 10.2. The van der Waals surface area contributed by atoms with Crippen LogP contribution in [0.4, 0.5) is 5.69 Å². The average molecular weight is 397 g/mol. The fourth-order valence-electron chi connectivity index (χ4n) is 3.86. The first-order valence-electron chi connectivity index (χ1n) is 10.2. The molecule has 29 heavy (non-hydrogen) atoms. The molecule has 154 valence electrons. The highest BCUT2D eigenvalue weighted by Crippen LogP contribution is 2.29. The molecule has 0 saturated heterocycles. The number of hydrogen-bond donors (Lipinski definition) is 3. The Bertz CT molecular complexity index is 853. The van der Waals surface area contributed by atoms with Crippen LogP contribution in [-0.2, 0) is 16.0 Å². The Hall–Kier alpha value is -2.86. The smallest absolute Gasteiger partial charge is 0.279 e. The second kappa shape index (κ2) is 10.1. The second-order valence-corrected chi connectivity index (χ2v) is 7.42. The van der Waals surface area contributed by atoms with Crippen LogP contribution in [0.2, 0.25) is 0 Å². The Morgan fingerprint density at radius 3 is 2.59 bits per heavy atom. The first kappa shape index (κ1) is 20.9. The van der Waals surface area contributed by atoms with Crippen molar-refractivity contribution >= 4 is 17.5 Å². The van der Waals surface area contributed by atoms with Crippen molar-refractivity contribution in [3.63, 3.8) is 0 Å². The summed E-state index contributed by atoms with van der Waals surface area (Å²) in [6.45, 7) is 3.17. The number of quaternary nitrogens is 1. The molecular formula is C23H30N3O3+. The molecule has 0 aliphatic heterocycles. The zero-order chi connectivity index (χ0) is 20.6. The number of hydrogen-bond acceptors (Lipinski definition) is 3. The van der Waals surface area contributed by atoms with Crippen LogP contribution in [0, 0.1) is 0 Å². The lowest BCUT2D eigenvalue weighted by Gasteiger charge is -2.27. The molecule has 0 radical (unpaired) electrons. The molecule has 6 nitrogen and oxygen atoms in total. The van der Waals surface area contributed by atoms with Crippen LogP contribution >= 0.6 is 0 Å². The van der Waals surface area contributed by atoms with E-state index in [1.54, 1.807) is 19.2 Å². The molecule has 1 unspecified atom stereocenters. The maximum atomic E-state index is 12.6. The normalized spacial score (nSPS) is 16.4. The van der Waals surface area contributed by atoms with E-state index in [4.69, 9.17) is 4.74 Å². The summed E-state index contributed by atoms with van der Waals surface area (Å²) < 4.78 is 5.27. The number of ether oxygens (including phenoxy) is 1. The van der Waals surface area contributed by atoms with Gasteiger partial charge in [0.05, 0.1) is 25.4 Å². The molecule has 0 fully saturated rings. The van der Waals surface area contributed by atoms with Gasteiger partial charge in [0, 0.05) is 0 Å². The number of para-hydroxylation sites is 2. The number of amides is 2. The van der Waals surface area contributed by atoms with Crippen molar-refractivity contribution in [2.24, 2.45) is 0 Å². The van der Waals surface area contributed by atoms with Gasteiger partial charge >= 0.3 is 0 Å². The number of anilines is 1. The zero-order valence-electron chi connectivity index (χ0n) is 17.2. The topological polar surface area (TPSA) is 71.9 Å². The highest BCUT2D eigenvalue weighted by Gasteiger charge is 2.24. The van der Waals surface area contributed by atoms with Crippen LogP contribution in [0.5, 0.6) is 5.75 Å². The second-order valence-electron chi connectivity index (χ2n) is 7.42. The summed E-state index contributed by atoms with van der Waals surface area (Å²) in [6, 6.07) is 15.7. The summed E-state index contributed by atoms with van der Waals surface area (Å²) >= 11 is 0. The van der Waals surface area contributed by atoms with Crippen LogP contribution < -0.4 is 20.3 Å². The van der Waals surface area contributed by atoms with Gasteiger partial charge in [0.15, 0.2) is 13.1 Å². The summed E-state index contributed by atoms with van der Waals surface area (Å²) in [7, 11) is 1.57. The van der Waals surface area contributed by atoms with Gasteiger partial charge in [-0.2, -0.15) is 0 Å². The molecule has 2 aromatic carbocycles. The van der Waals surface area contributed by atoms with Crippen molar-refractivity contribution in [2.45, 2.75) is 32.2 Å². The molecule has 3 N–H and O–H groups in total. The van der Waals surface area contributed by atoms with E-state index in [1.165, 1.54) is 11.1 Å². The van der Waals surface area contributed by atoms with E-state index in [9.17, 15) is 9.59 Å². The largest absolute Gasteiger partial charge is 0.495 e. The van der Waals surface area contributed by atoms with Gasteiger partial charge in [0.2, 0.25) is 0 Å². The molecule has 0 saturated carbocycles. The molecule has 6 heteroatoms. The van der Waals surface area contributed by atoms with Crippen molar-refractivity contribution in [3.05, 3.63) is 59.7 Å². The molecule has 2 amide bonds. The number of benzene rings is 2. The van der Waals surface area contributed by atoms with Crippen molar-refractivity contribution in [1.82, 2.24) is 5.32 Å². The Balaban J connectivity index is 1.54. The summed E-state index contributed by atoms with van der Waals surface area (Å²) in [6.07, 6.45) is 3.10. The molecule has 2 atom stereocenters. The Labute approximate surface area is 172 Å². The lowest BCUT2D eigenvalue weighted by Crippen LogP contribution is -3.14. The van der Waals surface area contributed by atoms with Crippen molar-refractivity contribution in [1.29, 1.82) is 0 Å². The minimum absolute atomic E-state index is 0.0198. The number of nitrogens with one attached hydrogen (secondary N) is 3. The maximum Gasteiger partial charge on any atom is 0.279 e. The minimum Gasteiger partial charge on any atom is -0.495 e. The number of rotatable bonds is 8. The van der Waals surface area contributed by atoms with Gasteiger partial charge in [-0.05, 0) is 49.4 Å². The lowest BCUT2D eigenvalue weighted by atomic mass is 9.88. The van der Waals surface area contributed by atoms with Crippen molar-refractivity contribution in [2.75, 3.05) is 32.1 Å². The van der Waals surface area contributed by atoms with Gasteiger partial charge in [-0.3, -0.25) is 9.59 Å². The molecular weight excluding hydrogens is 366 g/mol. The van der Waals surface area contributed by atoms with E-state index in [0.717, 1.165) is 24.2 Å². The number of carbonyl (C=O) groups excluding carboxylic acids is 2. The van der Waals surface area contributed by atoms with Gasteiger partial charge in [-0.15, -0.1) is 0 Å². The molecule has 1 aliphatic carbocycles. The lowest BCUT2D eigenvalue weighted by molar-refractivity contribution is -0.881. The van der Waals surface area contributed by atoms with Gasteiger partial charge in [-0.1, -0.05) is 36.4 Å². The van der Waals surface area contributed by atoms with E-state index >= 15 is 0 Å². The van der Waals surface area contributed by atoms with E-state index in [2.05, 4.69) is 22.8 Å². The predicted octanol–water partition coefficient (Wildman–Crippen LogP) is 1.73. The fraction of sp³-hybridized carbons (Fsp3) is 0.391. The van der Waals surface area contributed by atoms with Crippen LogP contribution in [-0.4, -0.2) is 38.6 Å². The Morgan fingerprint density at radius 2 is 1.79 bits per heavy atom. The predicted molar refractivity (Wildman–Crippen MR) is 113 cm³/mol. The maximum absolute atomic E-state index is 12.6. The number of fused-ring (bicyclic) bond motifs is 1. The van der Waals surface area contributed by atoms with Crippen LogP contribution in [0.25, 0.3) is 0 Å². The number of aryl methyl sites for hydroxylation is 1. The molecule has 0 aromatic heterocycles. The zero-order valence-corrected chi connectivity index (χ0v) is 17.2. The number of carbonyl (C=O) groups is 2. The van der Waals surface area contributed by atoms with Crippen LogP contribution in [0.3, 0.4) is 0 Å². The third-order valence-corrected chi connectivity index (χ3v) is 5.41. The first-order chi connectivity index (χ1) is 14.1. The third kappa shape index (κ3) is 5.57. The fourth-order valence-corrected chi connectivity index (χ4v) is 3.86. The standard InChI is InChI=1S/C23H29N3O3/c1-3-26(16-23(28)25-20-12-6-7-14-21(20)29-2)15-22(27)24-19-13-8-10-17-9-4-5-11-18(17)19/h4-7,9,11-12,14,19H,3,8,10,13,15-16H2,1-2H3,(H,24,27)(H,25,28)/p+1/t19-/m0/s1. The molecule has 0 spiro atoms. The molecule has 2 aromatic rings. The summed E-state index contributed by atoms with van der Waals surface area (Å²) in [4.78, 5) is 26.0. The monoisotopic (exact) mass is 396 g/mol. The van der Waals surface area contributed by atoms with E-state index in [0.29, 0.717) is 18.0 Å². The highest BCUT2D eigenvalue weighted by molar-refractivity contribution is 5.93. The molecule has 0 heterocycles. The van der Waals surface area contributed by atoms with Crippen LogP contribution in [0.1, 0.15) is 36.9 Å². The number of methoxy groups -OCH3 is 1. The Kier molecular flexibility index (Phi) is 7.25. The van der Waals surface area contributed by atoms with Gasteiger partial charge in [-0.25, -0.2) is 0 Å². The highest BCUT2D eigenvalue weighted by atomic mass is 16.5. The summed E-state index contributed by atoms with van der Waals surface area (Å²) in [5, 5.41) is 6.05. The number of likely N-dealkylation sites (N-methyl/N-ethyl adjacent to an activating group) is 1. The van der Waals surface area contributed by atoms with E-state index < -0.39 is 0 Å². The van der Waals surface area contributed by atoms with Gasteiger partial charge in [0.25, 0.3) is 11.8 Å². The average Bonchev–Trinajstić information content (AvgIpc) is 2.74.